The number of hydrogen-bond donors (Lipinski definition) is 1. The molecule has 0 saturated carbocycles. The monoisotopic (exact) mass is 573 g/mol. The molecule has 1 fully saturated rings. The minimum absolute atomic E-state index is 0.00281. The molecule has 4 rings (SSSR count). The van der Waals surface area contributed by atoms with Gasteiger partial charge in [-0.15, -0.1) is 0 Å². The highest BCUT2D eigenvalue weighted by Gasteiger charge is 2.41. The Balaban J connectivity index is 1.54. The summed E-state index contributed by atoms with van der Waals surface area (Å²) in [6, 6.07) is 17.2. The zero-order valence-corrected chi connectivity index (χ0v) is 25.7. The second-order valence-corrected chi connectivity index (χ2v) is 12.4. The van der Waals surface area contributed by atoms with E-state index in [1.165, 1.54) is 11.1 Å². The topological polar surface area (TPSA) is 86.8 Å². The minimum atomic E-state index is -0.709. The molecule has 1 aliphatic carbocycles. The van der Waals surface area contributed by atoms with Gasteiger partial charge in [-0.1, -0.05) is 68.4 Å². The molecule has 2 aromatic carbocycles. The normalized spacial score (nSPS) is 20.1. The molecule has 1 saturated heterocycles. The maximum atomic E-state index is 14.1. The van der Waals surface area contributed by atoms with Crippen LogP contribution in [0.3, 0.4) is 0 Å². The van der Waals surface area contributed by atoms with Crippen LogP contribution in [-0.2, 0) is 32.0 Å². The fourth-order valence-corrected chi connectivity index (χ4v) is 6.42. The summed E-state index contributed by atoms with van der Waals surface area (Å²) in [5.41, 5.74) is 3.63. The predicted molar refractivity (Wildman–Crippen MR) is 165 cm³/mol. The Hall–Kier alpha value is -3.32. The molecule has 0 spiro atoms. The van der Waals surface area contributed by atoms with Crippen LogP contribution in [-0.4, -0.2) is 71.9 Å². The highest BCUT2D eigenvalue weighted by molar-refractivity contribution is 5.94. The lowest BCUT2D eigenvalue weighted by Gasteiger charge is -2.43. The maximum absolute atomic E-state index is 14.1. The molecule has 1 aliphatic heterocycles. The zero-order chi connectivity index (χ0) is 30.2. The molecule has 1 heterocycles. The van der Waals surface area contributed by atoms with Gasteiger partial charge in [-0.2, -0.15) is 0 Å². The van der Waals surface area contributed by atoms with E-state index in [2.05, 4.69) is 17.4 Å². The fourth-order valence-electron chi connectivity index (χ4n) is 6.42. The molecule has 2 amide bonds. The molecule has 0 radical (unpaired) electrons. The van der Waals surface area contributed by atoms with Crippen molar-refractivity contribution >= 4 is 23.4 Å². The number of nitrogens with one attached hydrogen (secondary N) is 1. The number of ketones is 2. The van der Waals surface area contributed by atoms with Gasteiger partial charge in [0.05, 0.1) is 6.04 Å². The van der Waals surface area contributed by atoms with E-state index < -0.39 is 12.0 Å². The van der Waals surface area contributed by atoms with Gasteiger partial charge in [0.1, 0.15) is 11.8 Å². The van der Waals surface area contributed by atoms with Crippen LogP contribution in [0, 0.1) is 11.8 Å². The summed E-state index contributed by atoms with van der Waals surface area (Å²) in [4.78, 5) is 57.8. The van der Waals surface area contributed by atoms with Crippen LogP contribution in [0.25, 0.3) is 0 Å². The van der Waals surface area contributed by atoms with Crippen LogP contribution < -0.4 is 5.32 Å². The third-order valence-corrected chi connectivity index (χ3v) is 9.26. The average molecular weight is 574 g/mol. The number of carbonyl (C=O) groups excluding carboxylic acids is 4. The number of benzene rings is 2. The number of amides is 2. The molecule has 2 aromatic rings. The number of Topliss-reactive ketones (excluding diaryl/α,β-unsaturated/α-hetero) is 2. The molecule has 7 nitrogen and oxygen atoms in total. The van der Waals surface area contributed by atoms with E-state index >= 15 is 0 Å². The van der Waals surface area contributed by atoms with E-state index in [0.717, 1.165) is 24.8 Å². The Labute approximate surface area is 251 Å². The third-order valence-electron chi connectivity index (χ3n) is 9.26. The number of carbonyl (C=O) groups is 4. The standard InChI is InChI=1S/C35H47N3O4/c1-24(2)30(22-32(39)25(3)36-4)35(42)38-20-19-37(34(41)18-17-26-11-6-5-7-12-26)23-31(38)33(40)21-28-15-10-14-27-13-8-9-16-29(27)28/h5-9,11-13,16,24-25,28,30-31,36H,10,14-15,17-23H2,1-4H3/t25-,28-,30-,31-/m0/s1. The predicted octanol–water partition coefficient (Wildman–Crippen LogP) is 4.58. The fraction of sp³-hybridized carbons (Fsp3) is 0.543. The molecule has 4 atom stereocenters. The molecule has 42 heavy (non-hydrogen) atoms. The van der Waals surface area contributed by atoms with Gasteiger partial charge in [0.25, 0.3) is 0 Å². The van der Waals surface area contributed by atoms with E-state index in [0.29, 0.717) is 32.4 Å². The van der Waals surface area contributed by atoms with Crippen molar-refractivity contribution in [3.05, 3.63) is 71.3 Å². The SMILES string of the molecule is CN[C@@H](C)C(=O)C[C@H](C(=O)N1CCN(C(=O)CCc2ccccc2)C[C@H]1C(=O)C[C@@H]1CCCc2ccccc21)C(C)C. The Kier molecular flexibility index (Phi) is 11.1. The Morgan fingerprint density at radius 2 is 1.67 bits per heavy atom. The van der Waals surface area contributed by atoms with Crippen molar-refractivity contribution in [1.82, 2.24) is 15.1 Å². The number of likely N-dealkylation sites (N-methyl/N-ethyl adjacent to an activating group) is 1. The highest BCUT2D eigenvalue weighted by atomic mass is 16.2. The number of rotatable bonds is 12. The van der Waals surface area contributed by atoms with E-state index in [-0.39, 0.29) is 54.2 Å². The van der Waals surface area contributed by atoms with Crippen LogP contribution >= 0.6 is 0 Å². The second kappa shape index (κ2) is 14.7. The molecule has 2 aliphatic rings. The van der Waals surface area contributed by atoms with Gasteiger partial charge in [-0.05, 0) is 68.2 Å². The molecule has 1 N–H and O–H groups in total. The maximum Gasteiger partial charge on any atom is 0.227 e. The van der Waals surface area contributed by atoms with Gasteiger partial charge in [0.2, 0.25) is 11.8 Å². The molecule has 226 valence electrons. The molecule has 7 heteroatoms. The van der Waals surface area contributed by atoms with E-state index in [1.54, 1.807) is 23.8 Å². The molecule has 0 bridgehead atoms. The van der Waals surface area contributed by atoms with Crippen molar-refractivity contribution in [3.8, 4) is 0 Å². The summed E-state index contributed by atoms with van der Waals surface area (Å²) in [7, 11) is 1.74. The first kappa shape index (κ1) is 31.6. The molecule has 0 aromatic heterocycles. The number of hydrogen-bond acceptors (Lipinski definition) is 5. The van der Waals surface area contributed by atoms with E-state index in [9.17, 15) is 19.2 Å². The van der Waals surface area contributed by atoms with Crippen LogP contribution in [0.15, 0.2) is 54.6 Å². The van der Waals surface area contributed by atoms with Crippen LogP contribution in [0.2, 0.25) is 0 Å². The first-order valence-corrected chi connectivity index (χ1v) is 15.6. The summed E-state index contributed by atoms with van der Waals surface area (Å²) in [5.74, 6) is -0.617. The van der Waals surface area contributed by atoms with Gasteiger partial charge >= 0.3 is 0 Å². The quantitative estimate of drug-likeness (QED) is 0.402. The Morgan fingerprint density at radius 3 is 2.38 bits per heavy atom. The van der Waals surface area contributed by atoms with Crippen molar-refractivity contribution in [2.75, 3.05) is 26.7 Å². The lowest BCUT2D eigenvalue weighted by atomic mass is 9.79. The van der Waals surface area contributed by atoms with Gasteiger partial charge < -0.3 is 15.1 Å². The lowest BCUT2D eigenvalue weighted by molar-refractivity contribution is -0.152. The van der Waals surface area contributed by atoms with Crippen molar-refractivity contribution in [1.29, 1.82) is 0 Å². The Morgan fingerprint density at radius 1 is 0.952 bits per heavy atom. The molecular weight excluding hydrogens is 526 g/mol. The summed E-state index contributed by atoms with van der Waals surface area (Å²) >= 11 is 0. The number of piperazine rings is 1. The first-order chi connectivity index (χ1) is 20.2. The van der Waals surface area contributed by atoms with Gasteiger partial charge in [-0.25, -0.2) is 0 Å². The smallest absolute Gasteiger partial charge is 0.227 e. The molecular formula is C35H47N3O4. The van der Waals surface area contributed by atoms with Crippen LogP contribution in [0.5, 0.6) is 0 Å². The van der Waals surface area contributed by atoms with Crippen molar-refractivity contribution in [3.63, 3.8) is 0 Å². The van der Waals surface area contributed by atoms with Crippen LogP contribution in [0.1, 0.15) is 75.5 Å². The van der Waals surface area contributed by atoms with Gasteiger partial charge in [-0.3, -0.25) is 19.2 Å². The Bertz CT molecular complexity index is 1240. The first-order valence-electron chi connectivity index (χ1n) is 15.6. The number of aryl methyl sites for hydroxylation is 2. The second-order valence-electron chi connectivity index (χ2n) is 12.4. The highest BCUT2D eigenvalue weighted by Crippen LogP contribution is 2.35. The molecule has 0 unspecified atom stereocenters. The number of fused-ring (bicyclic) bond motifs is 1. The third kappa shape index (κ3) is 7.74. The largest absolute Gasteiger partial charge is 0.338 e. The summed E-state index contributed by atoms with van der Waals surface area (Å²) in [6.07, 6.45) is 4.47. The van der Waals surface area contributed by atoms with Crippen LogP contribution in [0.4, 0.5) is 0 Å². The summed E-state index contributed by atoms with van der Waals surface area (Å²) < 4.78 is 0. The summed E-state index contributed by atoms with van der Waals surface area (Å²) in [6.45, 7) is 6.61. The number of nitrogens with zero attached hydrogens (tertiary/aromatic N) is 2. The average Bonchev–Trinajstić information content (AvgIpc) is 3.01. The zero-order valence-electron chi connectivity index (χ0n) is 25.7. The van der Waals surface area contributed by atoms with Gasteiger partial charge in [0, 0.05) is 44.8 Å². The lowest BCUT2D eigenvalue weighted by Crippen LogP contribution is -2.61. The van der Waals surface area contributed by atoms with E-state index in [1.807, 2.05) is 56.3 Å². The minimum Gasteiger partial charge on any atom is -0.338 e. The summed E-state index contributed by atoms with van der Waals surface area (Å²) in [5, 5.41) is 2.98. The van der Waals surface area contributed by atoms with Crippen molar-refractivity contribution in [2.24, 2.45) is 11.8 Å². The van der Waals surface area contributed by atoms with Crippen molar-refractivity contribution in [2.45, 2.75) is 83.7 Å². The van der Waals surface area contributed by atoms with E-state index in [4.69, 9.17) is 0 Å². The van der Waals surface area contributed by atoms with Crippen molar-refractivity contribution < 1.29 is 19.2 Å². The van der Waals surface area contributed by atoms with Gasteiger partial charge in [0.15, 0.2) is 5.78 Å².